The van der Waals surface area contributed by atoms with Gasteiger partial charge in [0, 0.05) is 56.2 Å². The number of aryl methyl sites for hydroxylation is 1. The molecule has 1 atom stereocenters. The topological polar surface area (TPSA) is 71.0 Å². The molecule has 2 heterocycles. The van der Waals surface area contributed by atoms with Crippen LogP contribution in [-0.2, 0) is 6.54 Å². The van der Waals surface area contributed by atoms with Crippen LogP contribution in [0.5, 0.6) is 11.5 Å². The summed E-state index contributed by atoms with van der Waals surface area (Å²) in [5.41, 5.74) is 3.27. The fourth-order valence-electron chi connectivity index (χ4n) is 3.75. The molecule has 1 N–H and O–H groups in total. The monoisotopic (exact) mass is 386 g/mol. The highest BCUT2D eigenvalue weighted by Crippen LogP contribution is 2.27. The fraction of sp³-hybridized carbons (Fsp3) is 0.524. The van der Waals surface area contributed by atoms with Gasteiger partial charge in [0.05, 0.1) is 14.2 Å². The highest BCUT2D eigenvalue weighted by Gasteiger charge is 2.28. The first-order valence-corrected chi connectivity index (χ1v) is 9.65. The molecule has 0 aliphatic carbocycles. The zero-order valence-electron chi connectivity index (χ0n) is 17.2. The molecule has 0 bridgehead atoms. The summed E-state index contributed by atoms with van der Waals surface area (Å²) in [4.78, 5) is 13.5. The molecule has 1 fully saturated rings. The lowest BCUT2D eigenvalue weighted by Gasteiger charge is -2.42. The maximum Gasteiger partial charge on any atom is 0.135 e. The number of piperazine rings is 1. The van der Waals surface area contributed by atoms with Gasteiger partial charge in [0.2, 0.25) is 0 Å². The molecule has 7 heteroatoms. The molecule has 1 aromatic heterocycles. The molecule has 0 amide bonds. The number of hydrogen-bond donors (Lipinski definition) is 1. The van der Waals surface area contributed by atoms with Crippen molar-refractivity contribution in [3.8, 4) is 11.5 Å². The van der Waals surface area contributed by atoms with Crippen LogP contribution in [0.15, 0.2) is 24.5 Å². The Morgan fingerprint density at radius 3 is 2.43 bits per heavy atom. The maximum atomic E-state index is 9.61. The van der Waals surface area contributed by atoms with E-state index >= 15 is 0 Å². The quantitative estimate of drug-likeness (QED) is 0.782. The van der Waals surface area contributed by atoms with Crippen molar-refractivity contribution in [3.05, 3.63) is 41.3 Å². The molecular weight excluding hydrogens is 356 g/mol. The van der Waals surface area contributed by atoms with E-state index in [-0.39, 0.29) is 12.6 Å². The Morgan fingerprint density at radius 1 is 1.07 bits per heavy atom. The molecule has 0 radical (unpaired) electrons. The van der Waals surface area contributed by atoms with Crippen LogP contribution in [0.3, 0.4) is 0 Å². The van der Waals surface area contributed by atoms with E-state index in [1.54, 1.807) is 20.5 Å². The molecule has 152 valence electrons. The first-order chi connectivity index (χ1) is 13.5. The van der Waals surface area contributed by atoms with Crippen molar-refractivity contribution in [2.45, 2.75) is 32.9 Å². The van der Waals surface area contributed by atoms with Gasteiger partial charge in [0.1, 0.15) is 23.6 Å². The van der Waals surface area contributed by atoms with Crippen molar-refractivity contribution in [2.75, 3.05) is 45.4 Å². The van der Waals surface area contributed by atoms with Crippen molar-refractivity contribution < 1.29 is 14.6 Å². The van der Waals surface area contributed by atoms with E-state index in [1.807, 2.05) is 25.1 Å². The molecule has 1 aromatic carbocycles. The second-order valence-corrected chi connectivity index (χ2v) is 7.21. The van der Waals surface area contributed by atoms with Gasteiger partial charge in [0.15, 0.2) is 0 Å². The van der Waals surface area contributed by atoms with Crippen LogP contribution in [0, 0.1) is 13.8 Å². The van der Waals surface area contributed by atoms with Gasteiger partial charge >= 0.3 is 0 Å². The van der Waals surface area contributed by atoms with Gasteiger partial charge in [-0.05, 0) is 38.0 Å². The lowest BCUT2D eigenvalue weighted by atomic mass is 10.1. The van der Waals surface area contributed by atoms with Gasteiger partial charge in [-0.1, -0.05) is 0 Å². The summed E-state index contributed by atoms with van der Waals surface area (Å²) < 4.78 is 10.8. The Labute approximate surface area is 166 Å². The lowest BCUT2D eigenvalue weighted by molar-refractivity contribution is 0.135. The minimum absolute atomic E-state index is 0.165. The molecule has 0 spiro atoms. The van der Waals surface area contributed by atoms with E-state index in [1.165, 1.54) is 0 Å². The normalized spacial score (nSPS) is 17.6. The minimum Gasteiger partial charge on any atom is -0.497 e. The van der Waals surface area contributed by atoms with Crippen molar-refractivity contribution in [2.24, 2.45) is 0 Å². The first kappa shape index (κ1) is 20.4. The molecule has 1 aliphatic heterocycles. The molecule has 0 saturated carbocycles. The van der Waals surface area contributed by atoms with Crippen molar-refractivity contribution in [1.29, 1.82) is 0 Å². The minimum atomic E-state index is 0.165. The number of aliphatic hydroxyl groups is 1. The number of anilines is 1. The van der Waals surface area contributed by atoms with Crippen LogP contribution in [-0.4, -0.2) is 66.5 Å². The largest absolute Gasteiger partial charge is 0.497 e. The summed E-state index contributed by atoms with van der Waals surface area (Å²) in [6.45, 7) is 7.65. The van der Waals surface area contributed by atoms with Crippen molar-refractivity contribution >= 4 is 5.82 Å². The van der Waals surface area contributed by atoms with Gasteiger partial charge < -0.3 is 19.5 Å². The third kappa shape index (κ3) is 4.54. The Bertz CT molecular complexity index is 777. The number of aromatic nitrogens is 2. The van der Waals surface area contributed by atoms with Gasteiger partial charge in [-0.2, -0.15) is 0 Å². The standard InChI is InChI=1S/C21H30N4O3/c1-15-16(2)22-14-23-21(15)25-7-6-24(18(13-25)5-8-26)12-17-9-19(27-3)11-20(10-17)28-4/h9-11,14,18,26H,5-8,12-13H2,1-4H3. The second-order valence-electron chi connectivity index (χ2n) is 7.21. The number of methoxy groups -OCH3 is 2. The number of aliphatic hydroxyl groups excluding tert-OH is 1. The molecule has 1 aliphatic rings. The van der Waals surface area contributed by atoms with Crippen molar-refractivity contribution in [1.82, 2.24) is 14.9 Å². The molecule has 3 rings (SSSR count). The summed E-state index contributed by atoms with van der Waals surface area (Å²) in [6, 6.07) is 6.21. The number of ether oxygens (including phenoxy) is 2. The SMILES string of the molecule is COc1cc(CN2CCN(c3ncnc(C)c3C)CC2CCO)cc(OC)c1. The number of rotatable bonds is 7. The molecule has 28 heavy (non-hydrogen) atoms. The summed E-state index contributed by atoms with van der Waals surface area (Å²) in [5.74, 6) is 2.58. The summed E-state index contributed by atoms with van der Waals surface area (Å²) in [6.07, 6.45) is 2.36. The molecule has 1 unspecified atom stereocenters. The van der Waals surface area contributed by atoms with E-state index in [0.717, 1.165) is 66.7 Å². The smallest absolute Gasteiger partial charge is 0.135 e. The Kier molecular flexibility index (Phi) is 6.70. The Balaban J connectivity index is 1.77. The van der Waals surface area contributed by atoms with Gasteiger partial charge in [0.25, 0.3) is 0 Å². The molecule has 7 nitrogen and oxygen atoms in total. The van der Waals surface area contributed by atoms with Crippen molar-refractivity contribution in [3.63, 3.8) is 0 Å². The Morgan fingerprint density at radius 2 is 1.79 bits per heavy atom. The highest BCUT2D eigenvalue weighted by atomic mass is 16.5. The zero-order chi connectivity index (χ0) is 20.1. The van der Waals surface area contributed by atoms with Crippen LogP contribution in [0.1, 0.15) is 23.2 Å². The third-order valence-electron chi connectivity index (χ3n) is 5.47. The maximum absolute atomic E-state index is 9.61. The second kappa shape index (κ2) is 9.21. The molecule has 2 aromatic rings. The van der Waals surface area contributed by atoms with E-state index in [4.69, 9.17) is 9.47 Å². The average molecular weight is 386 g/mol. The lowest BCUT2D eigenvalue weighted by Crippen LogP contribution is -2.53. The summed E-state index contributed by atoms with van der Waals surface area (Å²) in [5, 5.41) is 9.61. The highest BCUT2D eigenvalue weighted by molar-refractivity contribution is 5.48. The zero-order valence-corrected chi connectivity index (χ0v) is 17.2. The number of benzene rings is 1. The molecular formula is C21H30N4O3. The van der Waals surface area contributed by atoms with Crippen LogP contribution < -0.4 is 14.4 Å². The molecule has 1 saturated heterocycles. The first-order valence-electron chi connectivity index (χ1n) is 9.65. The van der Waals surface area contributed by atoms with Crippen LogP contribution >= 0.6 is 0 Å². The number of nitrogens with zero attached hydrogens (tertiary/aromatic N) is 4. The predicted octanol–water partition coefficient (Wildman–Crippen LogP) is 2.18. The fourth-order valence-corrected chi connectivity index (χ4v) is 3.75. The van der Waals surface area contributed by atoms with E-state index < -0.39 is 0 Å². The van der Waals surface area contributed by atoms with Gasteiger partial charge in [-0.3, -0.25) is 4.90 Å². The summed E-state index contributed by atoms with van der Waals surface area (Å²) in [7, 11) is 3.33. The third-order valence-corrected chi connectivity index (χ3v) is 5.47. The summed E-state index contributed by atoms with van der Waals surface area (Å²) >= 11 is 0. The number of hydrogen-bond acceptors (Lipinski definition) is 7. The van der Waals surface area contributed by atoms with Gasteiger partial charge in [-0.15, -0.1) is 0 Å². The predicted molar refractivity (Wildman–Crippen MR) is 109 cm³/mol. The van der Waals surface area contributed by atoms with Crippen LogP contribution in [0.2, 0.25) is 0 Å². The van der Waals surface area contributed by atoms with E-state index in [0.29, 0.717) is 0 Å². The van der Waals surface area contributed by atoms with E-state index in [2.05, 4.69) is 26.7 Å². The van der Waals surface area contributed by atoms with Gasteiger partial charge in [-0.25, -0.2) is 9.97 Å². The average Bonchev–Trinajstić information content (AvgIpc) is 2.71. The van der Waals surface area contributed by atoms with Crippen LogP contribution in [0.4, 0.5) is 5.82 Å². The van der Waals surface area contributed by atoms with E-state index in [9.17, 15) is 5.11 Å². The Hall–Kier alpha value is -2.38. The van der Waals surface area contributed by atoms with Crippen LogP contribution in [0.25, 0.3) is 0 Å².